The summed E-state index contributed by atoms with van der Waals surface area (Å²) in [6.07, 6.45) is 0. The van der Waals surface area contributed by atoms with Crippen molar-refractivity contribution in [3.63, 3.8) is 0 Å². The molecule has 2 aromatic rings. The summed E-state index contributed by atoms with van der Waals surface area (Å²) in [7, 11) is 0. The number of benzene rings is 2. The number of hydrogen-bond acceptors (Lipinski definition) is 5. The molecule has 0 saturated carbocycles. The van der Waals surface area contributed by atoms with Crippen molar-refractivity contribution < 1.29 is 24.9 Å². The fraction of sp³-hybridized carbons (Fsp3) is 0.0667. The molecule has 0 radical (unpaired) electrons. The van der Waals surface area contributed by atoms with Crippen LogP contribution in [0.4, 0.5) is 0 Å². The second-order valence-electron chi connectivity index (χ2n) is 4.94. The van der Waals surface area contributed by atoms with Crippen molar-refractivity contribution in [2.45, 2.75) is 6.92 Å². The van der Waals surface area contributed by atoms with Crippen molar-refractivity contribution >= 4 is 56.7 Å². The number of hydrogen-bond donors (Lipinski definition) is 3. The van der Waals surface area contributed by atoms with E-state index in [1.54, 1.807) is 52.1 Å². The molecule has 2 aromatic carbocycles. The highest BCUT2D eigenvalue weighted by Gasteiger charge is 2.38. The second kappa shape index (κ2) is 5.08. The molecule has 0 atom stereocenters. The predicted octanol–water partition coefficient (Wildman–Crippen LogP) is 3.10. The van der Waals surface area contributed by atoms with Crippen LogP contribution in [-0.4, -0.2) is 26.9 Å². The van der Waals surface area contributed by atoms with Gasteiger partial charge in [0.1, 0.15) is 17.2 Å². The van der Waals surface area contributed by atoms with Gasteiger partial charge in [0, 0.05) is 5.56 Å². The quantitative estimate of drug-likeness (QED) is 0.395. The number of phenolic OH excluding ortho intramolecular Hbond substituents is 3. The fourth-order valence-electron chi connectivity index (χ4n) is 2.54. The molecule has 112 valence electrons. The van der Waals surface area contributed by atoms with Crippen LogP contribution in [0, 0.1) is 14.1 Å². The van der Waals surface area contributed by atoms with Gasteiger partial charge in [0.2, 0.25) is 5.78 Å². The van der Waals surface area contributed by atoms with Crippen molar-refractivity contribution in [1.29, 1.82) is 0 Å². The number of halogens is 2. The van der Waals surface area contributed by atoms with Gasteiger partial charge < -0.3 is 15.3 Å². The zero-order valence-corrected chi connectivity index (χ0v) is 15.4. The first kappa shape index (κ1) is 15.5. The molecule has 1 aliphatic carbocycles. The number of rotatable bonds is 0. The predicted molar refractivity (Wildman–Crippen MR) is 94.9 cm³/mol. The van der Waals surface area contributed by atoms with Crippen LogP contribution in [0.25, 0.3) is 0 Å². The summed E-state index contributed by atoms with van der Waals surface area (Å²) in [6, 6.07) is 2.91. The Morgan fingerprint density at radius 3 is 2.09 bits per heavy atom. The van der Waals surface area contributed by atoms with Gasteiger partial charge in [-0.15, -0.1) is 0 Å². The second-order valence-corrected chi connectivity index (χ2v) is 7.10. The van der Waals surface area contributed by atoms with E-state index in [1.807, 2.05) is 0 Å². The lowest BCUT2D eigenvalue weighted by molar-refractivity contribution is 0.0973. The molecule has 22 heavy (non-hydrogen) atoms. The minimum atomic E-state index is -0.629. The Morgan fingerprint density at radius 1 is 0.818 bits per heavy atom. The number of carbonyl (C=O) groups excluding carboxylic acids is 2. The monoisotopic (exact) mass is 522 g/mol. The van der Waals surface area contributed by atoms with Gasteiger partial charge in [-0.05, 0) is 69.8 Å². The third-order valence-corrected chi connectivity index (χ3v) is 5.59. The number of fused-ring (bicyclic) bond motifs is 2. The molecular formula is C15H8I2O5. The lowest BCUT2D eigenvalue weighted by atomic mass is 9.82. The highest BCUT2D eigenvalue weighted by Crippen LogP contribution is 2.45. The zero-order valence-electron chi connectivity index (χ0n) is 11.1. The van der Waals surface area contributed by atoms with Crippen molar-refractivity contribution in [3.05, 3.63) is 47.1 Å². The Balaban J connectivity index is 2.47. The SMILES string of the molecule is Cc1cc(O)c2c(c1)C(=O)c1c(I)c(O)c(I)c(O)c1C2=O. The van der Waals surface area contributed by atoms with Crippen LogP contribution in [0.5, 0.6) is 17.2 Å². The molecule has 0 saturated heterocycles. The Hall–Kier alpha value is -1.36. The molecular weight excluding hydrogens is 514 g/mol. The summed E-state index contributed by atoms with van der Waals surface area (Å²) in [5, 5.41) is 30.2. The topological polar surface area (TPSA) is 94.8 Å². The lowest BCUT2D eigenvalue weighted by Gasteiger charge is -2.22. The van der Waals surface area contributed by atoms with Crippen molar-refractivity contribution in [2.75, 3.05) is 0 Å². The summed E-state index contributed by atoms with van der Waals surface area (Å²) in [5.74, 6) is -2.11. The lowest BCUT2D eigenvalue weighted by Crippen LogP contribution is -2.23. The van der Waals surface area contributed by atoms with Crippen LogP contribution in [0.2, 0.25) is 0 Å². The molecule has 0 amide bonds. The summed E-state index contributed by atoms with van der Waals surface area (Å²) in [5.41, 5.74) is 0.389. The molecule has 0 spiro atoms. The molecule has 1 aliphatic rings. The van der Waals surface area contributed by atoms with Crippen LogP contribution < -0.4 is 0 Å². The average Bonchev–Trinajstić information content (AvgIpc) is 2.45. The van der Waals surface area contributed by atoms with E-state index in [9.17, 15) is 24.9 Å². The van der Waals surface area contributed by atoms with Gasteiger partial charge in [-0.25, -0.2) is 0 Å². The summed E-state index contributed by atoms with van der Waals surface area (Å²) in [4.78, 5) is 25.4. The van der Waals surface area contributed by atoms with E-state index in [1.165, 1.54) is 12.1 Å². The number of ketones is 2. The highest BCUT2D eigenvalue weighted by molar-refractivity contribution is 14.1. The highest BCUT2D eigenvalue weighted by atomic mass is 127. The van der Waals surface area contributed by atoms with Gasteiger partial charge in [-0.2, -0.15) is 0 Å². The summed E-state index contributed by atoms with van der Waals surface area (Å²) >= 11 is 3.47. The summed E-state index contributed by atoms with van der Waals surface area (Å²) in [6.45, 7) is 1.70. The number of aromatic hydroxyl groups is 3. The van der Waals surface area contributed by atoms with Crippen molar-refractivity contribution in [1.82, 2.24) is 0 Å². The molecule has 0 bridgehead atoms. The maximum absolute atomic E-state index is 12.7. The fourth-order valence-corrected chi connectivity index (χ4v) is 4.38. The Labute approximate surface area is 152 Å². The molecule has 5 nitrogen and oxygen atoms in total. The van der Waals surface area contributed by atoms with Crippen LogP contribution in [0.3, 0.4) is 0 Å². The zero-order chi connectivity index (χ0) is 16.3. The molecule has 0 fully saturated rings. The first-order valence-electron chi connectivity index (χ1n) is 6.11. The molecule has 3 N–H and O–H groups in total. The standard InChI is InChI=1S/C15H8I2O5/c1-4-2-5-7(6(18)3-4)13(20)9-8(12(5)19)10(16)15(22)11(17)14(9)21/h2-3,18,21-22H,1H3. The van der Waals surface area contributed by atoms with Gasteiger partial charge in [-0.1, -0.05) is 0 Å². The number of carbonyl (C=O) groups is 2. The van der Waals surface area contributed by atoms with E-state index in [0.717, 1.165) is 0 Å². The molecule has 0 heterocycles. The molecule has 0 unspecified atom stereocenters. The maximum Gasteiger partial charge on any atom is 0.202 e. The van der Waals surface area contributed by atoms with Gasteiger partial charge >= 0.3 is 0 Å². The first-order valence-corrected chi connectivity index (χ1v) is 8.27. The van der Waals surface area contributed by atoms with E-state index in [-0.39, 0.29) is 40.9 Å². The Kier molecular flexibility index (Phi) is 3.59. The third kappa shape index (κ3) is 1.94. The van der Waals surface area contributed by atoms with Crippen LogP contribution in [0.15, 0.2) is 12.1 Å². The Morgan fingerprint density at radius 2 is 1.45 bits per heavy atom. The smallest absolute Gasteiger partial charge is 0.202 e. The molecule has 0 aromatic heterocycles. The number of aryl methyl sites for hydroxylation is 1. The van der Waals surface area contributed by atoms with Crippen molar-refractivity contribution in [3.8, 4) is 17.2 Å². The van der Waals surface area contributed by atoms with E-state index in [2.05, 4.69) is 0 Å². The maximum atomic E-state index is 12.7. The first-order chi connectivity index (χ1) is 10.3. The van der Waals surface area contributed by atoms with Crippen LogP contribution >= 0.6 is 45.2 Å². The molecule has 0 aliphatic heterocycles. The molecule has 3 rings (SSSR count). The average molecular weight is 522 g/mol. The minimum absolute atomic E-state index is 0.0292. The van der Waals surface area contributed by atoms with Gasteiger partial charge in [0.15, 0.2) is 5.78 Å². The van der Waals surface area contributed by atoms with E-state index in [4.69, 9.17) is 0 Å². The van der Waals surface area contributed by atoms with E-state index < -0.39 is 17.3 Å². The van der Waals surface area contributed by atoms with Gasteiger partial charge in [0.05, 0.1) is 23.8 Å². The number of phenols is 3. The van der Waals surface area contributed by atoms with Crippen molar-refractivity contribution in [2.24, 2.45) is 0 Å². The van der Waals surface area contributed by atoms with E-state index in [0.29, 0.717) is 5.56 Å². The van der Waals surface area contributed by atoms with Crippen LogP contribution in [0.1, 0.15) is 37.4 Å². The summed E-state index contributed by atoms with van der Waals surface area (Å²) < 4.78 is 0.303. The third-order valence-electron chi connectivity index (χ3n) is 3.52. The molecule has 7 heteroatoms. The van der Waals surface area contributed by atoms with E-state index >= 15 is 0 Å². The minimum Gasteiger partial charge on any atom is -0.507 e. The Bertz CT molecular complexity index is 886. The normalized spacial score (nSPS) is 13.0. The van der Waals surface area contributed by atoms with Crippen LogP contribution in [-0.2, 0) is 0 Å². The largest absolute Gasteiger partial charge is 0.507 e. The van der Waals surface area contributed by atoms with Gasteiger partial charge in [-0.3, -0.25) is 9.59 Å². The van der Waals surface area contributed by atoms with Gasteiger partial charge in [0.25, 0.3) is 0 Å².